The first-order valence-electron chi connectivity index (χ1n) is 7.18. The molecule has 0 unspecified atom stereocenters. The van der Waals surface area contributed by atoms with Gasteiger partial charge in [-0.15, -0.1) is 0 Å². The number of hydrazone groups is 2. The molecule has 0 aliphatic rings. The van der Waals surface area contributed by atoms with E-state index < -0.39 is 0 Å². The Balaban J connectivity index is 2.95. The molecule has 0 aliphatic carbocycles. The van der Waals surface area contributed by atoms with Gasteiger partial charge in [0.15, 0.2) is 10.2 Å². The van der Waals surface area contributed by atoms with Gasteiger partial charge in [0.2, 0.25) is 0 Å². The zero-order valence-corrected chi connectivity index (χ0v) is 15.0. The predicted molar refractivity (Wildman–Crippen MR) is 103 cm³/mol. The lowest BCUT2D eigenvalue weighted by molar-refractivity contribution is 0.897. The minimum absolute atomic E-state index is 0.442. The lowest BCUT2D eigenvalue weighted by atomic mass is 10.1. The second kappa shape index (κ2) is 10.6. The van der Waals surface area contributed by atoms with E-state index in [-0.39, 0.29) is 0 Å². The molecule has 1 heterocycles. The van der Waals surface area contributed by atoms with Gasteiger partial charge in [0.05, 0.1) is 5.71 Å². The van der Waals surface area contributed by atoms with Crippen molar-refractivity contribution in [3.8, 4) is 0 Å². The summed E-state index contributed by atoms with van der Waals surface area (Å²) in [5, 5.41) is 15.4. The Bertz CT molecular complexity index is 584. The number of hydrogen-bond acceptors (Lipinski definition) is 5. The minimum atomic E-state index is 0.442. The molecule has 0 radical (unpaired) electrons. The second-order valence-corrected chi connectivity index (χ2v) is 5.16. The molecular formula is C14H21N7S2. The van der Waals surface area contributed by atoms with Crippen molar-refractivity contribution in [2.75, 3.05) is 13.1 Å². The van der Waals surface area contributed by atoms with Gasteiger partial charge in [-0.1, -0.05) is 0 Å². The minimum Gasteiger partial charge on any atom is -0.362 e. The normalized spacial score (nSPS) is 11.6. The van der Waals surface area contributed by atoms with Crippen LogP contribution in [0.5, 0.6) is 0 Å². The lowest BCUT2D eigenvalue weighted by Gasteiger charge is -2.10. The first-order valence-corrected chi connectivity index (χ1v) is 8.00. The van der Waals surface area contributed by atoms with Gasteiger partial charge in [0, 0.05) is 31.0 Å². The molecule has 0 spiro atoms. The van der Waals surface area contributed by atoms with E-state index in [2.05, 4.69) is 36.7 Å². The fourth-order valence-corrected chi connectivity index (χ4v) is 1.93. The van der Waals surface area contributed by atoms with Crippen molar-refractivity contribution in [3.05, 3.63) is 30.1 Å². The van der Waals surface area contributed by atoms with Crippen molar-refractivity contribution in [2.45, 2.75) is 20.8 Å². The van der Waals surface area contributed by atoms with Crippen molar-refractivity contribution in [3.63, 3.8) is 0 Å². The van der Waals surface area contributed by atoms with E-state index >= 15 is 0 Å². The van der Waals surface area contributed by atoms with E-state index in [0.717, 1.165) is 18.7 Å². The van der Waals surface area contributed by atoms with E-state index in [0.29, 0.717) is 21.6 Å². The van der Waals surface area contributed by atoms with Gasteiger partial charge in [-0.2, -0.15) is 10.2 Å². The predicted octanol–water partition coefficient (Wildman–Crippen LogP) is 1.13. The molecule has 1 rings (SSSR count). The summed E-state index contributed by atoms with van der Waals surface area (Å²) in [5.41, 5.74) is 7.65. The maximum Gasteiger partial charge on any atom is 0.186 e. The zero-order chi connectivity index (χ0) is 17.1. The first-order chi connectivity index (χ1) is 11.1. The summed E-state index contributed by atoms with van der Waals surface area (Å²) in [6, 6.07) is 3.73. The Labute approximate surface area is 147 Å². The summed E-state index contributed by atoms with van der Waals surface area (Å²) in [4.78, 5) is 4.11. The highest BCUT2D eigenvalue weighted by atomic mass is 32.1. The molecule has 4 N–H and O–H groups in total. The number of hydrogen-bond donors (Lipinski definition) is 4. The highest BCUT2D eigenvalue weighted by Gasteiger charge is 2.09. The third-order valence-corrected chi connectivity index (χ3v) is 3.02. The fraction of sp³-hybridized carbons (Fsp3) is 0.357. The van der Waals surface area contributed by atoms with Gasteiger partial charge >= 0.3 is 0 Å². The monoisotopic (exact) mass is 351 g/mol. The van der Waals surface area contributed by atoms with Gasteiger partial charge in [-0.25, -0.2) is 0 Å². The summed E-state index contributed by atoms with van der Waals surface area (Å²) in [6.45, 7) is 7.18. The number of rotatable bonds is 6. The van der Waals surface area contributed by atoms with E-state index in [1.807, 2.05) is 32.9 Å². The van der Waals surface area contributed by atoms with Crippen molar-refractivity contribution >= 4 is 46.1 Å². The third kappa shape index (κ3) is 7.11. The Morgan fingerprint density at radius 1 is 1.09 bits per heavy atom. The Hall–Kier alpha value is -2.13. The van der Waals surface area contributed by atoms with Crippen LogP contribution in [0.3, 0.4) is 0 Å². The average Bonchev–Trinajstić information content (AvgIpc) is 2.54. The zero-order valence-electron chi connectivity index (χ0n) is 13.4. The van der Waals surface area contributed by atoms with Crippen LogP contribution in [0.25, 0.3) is 0 Å². The van der Waals surface area contributed by atoms with Crippen molar-refractivity contribution < 1.29 is 0 Å². The van der Waals surface area contributed by atoms with E-state index in [4.69, 9.17) is 24.4 Å². The number of nitrogens with one attached hydrogen (secondary N) is 4. The highest BCUT2D eigenvalue weighted by Crippen LogP contribution is 2.01. The number of thiocarbonyl (C=S) groups is 2. The fourth-order valence-electron chi connectivity index (χ4n) is 1.55. The van der Waals surface area contributed by atoms with E-state index in [1.165, 1.54) is 0 Å². The van der Waals surface area contributed by atoms with Crippen molar-refractivity contribution in [1.29, 1.82) is 0 Å². The van der Waals surface area contributed by atoms with Gasteiger partial charge in [0.25, 0.3) is 0 Å². The van der Waals surface area contributed by atoms with Crippen LogP contribution in [0.4, 0.5) is 0 Å². The molecule has 1 aromatic rings. The number of pyridine rings is 1. The third-order valence-electron chi connectivity index (χ3n) is 2.55. The van der Waals surface area contributed by atoms with Crippen LogP contribution in [-0.4, -0.2) is 39.7 Å². The van der Waals surface area contributed by atoms with E-state index in [1.54, 1.807) is 12.4 Å². The molecule has 1 aromatic heterocycles. The van der Waals surface area contributed by atoms with Crippen LogP contribution in [0, 0.1) is 0 Å². The Morgan fingerprint density at radius 2 is 1.70 bits per heavy atom. The van der Waals surface area contributed by atoms with E-state index in [9.17, 15) is 0 Å². The number of nitrogens with zero attached hydrogens (tertiary/aromatic N) is 3. The summed E-state index contributed by atoms with van der Waals surface area (Å²) >= 11 is 10.2. The summed E-state index contributed by atoms with van der Waals surface area (Å²) in [5.74, 6) is 0. The van der Waals surface area contributed by atoms with Crippen LogP contribution in [0.2, 0.25) is 0 Å². The molecule has 0 fully saturated rings. The molecule has 0 aliphatic heterocycles. The second-order valence-electron chi connectivity index (χ2n) is 4.34. The molecule has 0 atom stereocenters. The maximum absolute atomic E-state index is 5.12. The molecule has 0 aromatic carbocycles. The summed E-state index contributed by atoms with van der Waals surface area (Å²) in [6.07, 6.45) is 3.40. The van der Waals surface area contributed by atoms with Gasteiger partial charge in [-0.3, -0.25) is 15.8 Å². The van der Waals surface area contributed by atoms with Crippen molar-refractivity contribution in [1.82, 2.24) is 26.5 Å². The van der Waals surface area contributed by atoms with Crippen molar-refractivity contribution in [2.24, 2.45) is 10.2 Å². The molecule has 7 nitrogen and oxygen atoms in total. The first kappa shape index (κ1) is 18.9. The standard InChI is InChI=1S/C14H21N7S2/c1-4-16-13(22)20-18-10(3)12(11-7-6-8-15-9-11)19-21-14(23)17-5-2/h6-9H,4-5H2,1-3H3,(H2,16,20,22)(H2,17,21,23)/b18-10+,19-12+. The molecule has 23 heavy (non-hydrogen) atoms. The van der Waals surface area contributed by atoms with Crippen LogP contribution < -0.4 is 21.5 Å². The molecule has 0 amide bonds. The molecule has 0 saturated carbocycles. The topological polar surface area (TPSA) is 85.7 Å². The molecule has 0 saturated heterocycles. The van der Waals surface area contributed by atoms with Crippen LogP contribution in [0.15, 0.2) is 34.7 Å². The molecular weight excluding hydrogens is 330 g/mol. The lowest BCUT2D eigenvalue weighted by Crippen LogP contribution is -2.34. The highest BCUT2D eigenvalue weighted by molar-refractivity contribution is 7.80. The van der Waals surface area contributed by atoms with Crippen LogP contribution in [-0.2, 0) is 0 Å². The van der Waals surface area contributed by atoms with Gasteiger partial charge in [0.1, 0.15) is 5.71 Å². The maximum atomic E-state index is 5.12. The largest absolute Gasteiger partial charge is 0.362 e. The molecule has 0 bridgehead atoms. The smallest absolute Gasteiger partial charge is 0.186 e. The van der Waals surface area contributed by atoms with Crippen LogP contribution >= 0.6 is 24.4 Å². The average molecular weight is 352 g/mol. The molecule has 124 valence electrons. The summed E-state index contributed by atoms with van der Waals surface area (Å²) < 4.78 is 0. The Morgan fingerprint density at radius 3 is 2.22 bits per heavy atom. The van der Waals surface area contributed by atoms with Crippen LogP contribution in [0.1, 0.15) is 26.3 Å². The molecule has 9 heteroatoms. The number of aromatic nitrogens is 1. The SMILES string of the molecule is CCNC(=S)N/N=C(\C(C)=N\NC(=S)NCC)c1cccnc1. The quantitative estimate of drug-likeness (QED) is 0.347. The Kier molecular flexibility index (Phi) is 8.70. The van der Waals surface area contributed by atoms with Gasteiger partial charge in [-0.05, 0) is 57.3 Å². The summed E-state index contributed by atoms with van der Waals surface area (Å²) in [7, 11) is 0. The van der Waals surface area contributed by atoms with Gasteiger partial charge < -0.3 is 10.6 Å².